The van der Waals surface area contributed by atoms with Gasteiger partial charge in [-0.2, -0.15) is 0 Å². The number of thiocarbonyl (C=S) groups is 1. The number of carboxylic acid groups (broad SMARTS) is 1. The number of benzene rings is 2. The number of carbonyl (C=O) groups is 2. The molecule has 0 radical (unpaired) electrons. The highest BCUT2D eigenvalue weighted by Crippen LogP contribution is 2.38. The molecule has 1 heterocycles. The lowest BCUT2D eigenvalue weighted by Crippen LogP contribution is -2.28. The number of aliphatic carboxylic acids is 1. The Balaban J connectivity index is 1.90. The maximum atomic E-state index is 14.1. The van der Waals surface area contributed by atoms with Gasteiger partial charge in [0, 0.05) is 0 Å². The maximum Gasteiger partial charge on any atom is 0.344 e. The largest absolute Gasteiger partial charge is 0.490 e. The van der Waals surface area contributed by atoms with E-state index in [1.54, 1.807) is 37.3 Å². The molecule has 0 spiro atoms. The molecular formula is C21H18FNO5S2. The van der Waals surface area contributed by atoms with Crippen molar-refractivity contribution in [2.75, 3.05) is 11.5 Å². The smallest absolute Gasteiger partial charge is 0.344 e. The van der Waals surface area contributed by atoms with Crippen molar-refractivity contribution in [3.8, 4) is 11.5 Å². The number of thioether (sulfide) groups is 1. The maximum absolute atomic E-state index is 14.1. The number of carbonyl (C=O) groups excluding carboxylic acids is 1. The summed E-state index contributed by atoms with van der Waals surface area (Å²) in [6, 6.07) is 10.8. The molecule has 0 aromatic heterocycles. The second kappa shape index (κ2) is 9.27. The van der Waals surface area contributed by atoms with Gasteiger partial charge >= 0.3 is 5.97 Å². The molecule has 9 heteroatoms. The predicted octanol–water partition coefficient (Wildman–Crippen LogP) is 4.48. The Hall–Kier alpha value is -2.91. The van der Waals surface area contributed by atoms with E-state index in [-0.39, 0.29) is 15.8 Å². The summed E-state index contributed by atoms with van der Waals surface area (Å²) in [5, 5.41) is 9.04. The molecule has 1 atom stereocenters. The molecule has 1 aliphatic heterocycles. The lowest BCUT2D eigenvalue weighted by molar-refractivity contribution is -0.144. The first-order chi connectivity index (χ1) is 14.3. The van der Waals surface area contributed by atoms with Gasteiger partial charge in [0.25, 0.3) is 5.91 Å². The van der Waals surface area contributed by atoms with Crippen LogP contribution in [0.2, 0.25) is 0 Å². The summed E-state index contributed by atoms with van der Waals surface area (Å²) in [7, 11) is 0. The SMILES string of the molecule is CCOc1cc(/C=C2/SC(=S)N(c3ccccc3F)C2=O)ccc1OC(C)C(=O)O. The van der Waals surface area contributed by atoms with Gasteiger partial charge in [-0.25, -0.2) is 9.18 Å². The minimum absolute atomic E-state index is 0.102. The number of hydrogen-bond donors (Lipinski definition) is 1. The predicted molar refractivity (Wildman–Crippen MR) is 117 cm³/mol. The van der Waals surface area contributed by atoms with Crippen LogP contribution in [-0.2, 0) is 9.59 Å². The Labute approximate surface area is 182 Å². The highest BCUT2D eigenvalue weighted by atomic mass is 32.2. The number of ether oxygens (including phenoxy) is 2. The number of rotatable bonds is 7. The number of halogens is 1. The molecule has 156 valence electrons. The van der Waals surface area contributed by atoms with E-state index in [9.17, 15) is 14.0 Å². The molecule has 0 aliphatic carbocycles. The van der Waals surface area contributed by atoms with Gasteiger partial charge in [-0.3, -0.25) is 9.69 Å². The zero-order valence-corrected chi connectivity index (χ0v) is 17.8. The van der Waals surface area contributed by atoms with E-state index in [0.717, 1.165) is 16.7 Å². The first-order valence-electron chi connectivity index (χ1n) is 9.00. The summed E-state index contributed by atoms with van der Waals surface area (Å²) in [4.78, 5) is 25.4. The Morgan fingerprint density at radius 3 is 2.70 bits per heavy atom. The van der Waals surface area contributed by atoms with Crippen molar-refractivity contribution in [3.05, 3.63) is 58.8 Å². The fourth-order valence-electron chi connectivity index (χ4n) is 2.68. The number of carboxylic acids is 1. The first-order valence-corrected chi connectivity index (χ1v) is 10.2. The molecule has 0 saturated carbocycles. The molecule has 2 aromatic carbocycles. The van der Waals surface area contributed by atoms with E-state index in [1.165, 1.54) is 25.1 Å². The van der Waals surface area contributed by atoms with Crippen LogP contribution in [-0.4, -0.2) is 34.0 Å². The quantitative estimate of drug-likeness (QED) is 0.495. The van der Waals surface area contributed by atoms with E-state index in [1.807, 2.05) is 0 Å². The van der Waals surface area contributed by atoms with Gasteiger partial charge in [0.05, 0.1) is 17.2 Å². The minimum Gasteiger partial charge on any atom is -0.490 e. The van der Waals surface area contributed by atoms with Crippen LogP contribution in [0.1, 0.15) is 19.4 Å². The second-order valence-electron chi connectivity index (χ2n) is 6.21. The average Bonchev–Trinajstić information content (AvgIpc) is 2.97. The Bertz CT molecular complexity index is 1040. The fourth-order valence-corrected chi connectivity index (χ4v) is 3.97. The van der Waals surface area contributed by atoms with Crippen molar-refractivity contribution in [2.24, 2.45) is 0 Å². The normalized spacial score (nSPS) is 16.1. The van der Waals surface area contributed by atoms with E-state index in [2.05, 4.69) is 0 Å². The number of nitrogens with zero attached hydrogens (tertiary/aromatic N) is 1. The van der Waals surface area contributed by atoms with Gasteiger partial charge in [-0.05, 0) is 49.8 Å². The molecule has 3 rings (SSSR count). The fraction of sp³-hybridized carbons (Fsp3) is 0.190. The van der Waals surface area contributed by atoms with Crippen molar-refractivity contribution in [3.63, 3.8) is 0 Å². The summed E-state index contributed by atoms with van der Waals surface area (Å²) in [5.41, 5.74) is 0.729. The summed E-state index contributed by atoms with van der Waals surface area (Å²) in [5.74, 6) is -1.43. The first kappa shape index (κ1) is 21.8. The Morgan fingerprint density at radius 1 is 1.30 bits per heavy atom. The van der Waals surface area contributed by atoms with Gasteiger partial charge < -0.3 is 14.6 Å². The van der Waals surface area contributed by atoms with Crippen molar-refractivity contribution in [1.29, 1.82) is 0 Å². The number of anilines is 1. The molecule has 1 saturated heterocycles. The van der Waals surface area contributed by atoms with E-state index in [4.69, 9.17) is 26.8 Å². The third-order valence-electron chi connectivity index (χ3n) is 4.10. The van der Waals surface area contributed by atoms with Crippen molar-refractivity contribution >= 4 is 51.9 Å². The summed E-state index contributed by atoms with van der Waals surface area (Å²) >= 11 is 6.34. The molecule has 1 aliphatic rings. The Morgan fingerprint density at radius 2 is 2.03 bits per heavy atom. The second-order valence-corrected chi connectivity index (χ2v) is 7.88. The van der Waals surface area contributed by atoms with E-state index >= 15 is 0 Å². The van der Waals surface area contributed by atoms with Crippen LogP contribution in [0.4, 0.5) is 10.1 Å². The lowest BCUT2D eigenvalue weighted by atomic mass is 10.1. The van der Waals surface area contributed by atoms with Crippen LogP contribution in [0.15, 0.2) is 47.4 Å². The van der Waals surface area contributed by atoms with Crippen molar-refractivity contribution < 1.29 is 28.6 Å². The van der Waals surface area contributed by atoms with Crippen LogP contribution in [0.5, 0.6) is 11.5 Å². The van der Waals surface area contributed by atoms with E-state index < -0.39 is 23.8 Å². The molecule has 1 amide bonds. The van der Waals surface area contributed by atoms with Crippen LogP contribution in [0.3, 0.4) is 0 Å². The van der Waals surface area contributed by atoms with Crippen LogP contribution in [0.25, 0.3) is 6.08 Å². The standard InChI is InChI=1S/C21H18FNO5S2/c1-3-27-17-10-13(8-9-16(17)28-12(2)20(25)26)11-18-19(24)23(21(29)30-18)15-7-5-4-6-14(15)22/h4-12H,3H2,1-2H3,(H,25,26)/b18-11+. The van der Waals surface area contributed by atoms with Gasteiger partial charge in [0.15, 0.2) is 21.9 Å². The molecule has 6 nitrogen and oxygen atoms in total. The number of para-hydroxylation sites is 1. The summed E-state index contributed by atoms with van der Waals surface area (Å²) < 4.78 is 25.3. The van der Waals surface area contributed by atoms with Gasteiger partial charge in [-0.1, -0.05) is 42.2 Å². The zero-order valence-electron chi connectivity index (χ0n) is 16.1. The van der Waals surface area contributed by atoms with Crippen LogP contribution in [0, 0.1) is 5.82 Å². The van der Waals surface area contributed by atoms with Crippen molar-refractivity contribution in [2.45, 2.75) is 20.0 Å². The van der Waals surface area contributed by atoms with Gasteiger partial charge in [0.2, 0.25) is 0 Å². The highest BCUT2D eigenvalue weighted by Gasteiger charge is 2.34. The van der Waals surface area contributed by atoms with Crippen molar-refractivity contribution in [1.82, 2.24) is 0 Å². The Kier molecular flexibility index (Phi) is 6.73. The topological polar surface area (TPSA) is 76.1 Å². The van der Waals surface area contributed by atoms with Gasteiger partial charge in [-0.15, -0.1) is 0 Å². The average molecular weight is 448 g/mol. The monoisotopic (exact) mass is 447 g/mol. The third kappa shape index (κ3) is 4.63. The number of hydrogen-bond acceptors (Lipinski definition) is 6. The van der Waals surface area contributed by atoms with Gasteiger partial charge in [0.1, 0.15) is 5.82 Å². The zero-order chi connectivity index (χ0) is 21.8. The molecule has 30 heavy (non-hydrogen) atoms. The molecule has 2 aromatic rings. The molecule has 1 unspecified atom stereocenters. The summed E-state index contributed by atoms with van der Waals surface area (Å²) in [6.45, 7) is 3.55. The highest BCUT2D eigenvalue weighted by molar-refractivity contribution is 8.27. The lowest BCUT2D eigenvalue weighted by Gasteiger charge is -2.15. The minimum atomic E-state index is -1.10. The van der Waals surface area contributed by atoms with Crippen LogP contribution >= 0.6 is 24.0 Å². The molecule has 0 bridgehead atoms. The molecule has 1 N–H and O–H groups in total. The van der Waals surface area contributed by atoms with E-state index in [0.29, 0.717) is 22.8 Å². The molecule has 1 fully saturated rings. The molecular weight excluding hydrogens is 429 g/mol. The number of amides is 1. The van der Waals surface area contributed by atoms with Crippen LogP contribution < -0.4 is 14.4 Å². The summed E-state index contributed by atoms with van der Waals surface area (Å²) in [6.07, 6.45) is 0.569. The third-order valence-corrected chi connectivity index (χ3v) is 5.41.